The molecule has 0 aliphatic rings. The van der Waals surface area contributed by atoms with Crippen LogP contribution >= 0.6 is 0 Å². The van der Waals surface area contributed by atoms with Crippen molar-refractivity contribution in [3.63, 3.8) is 0 Å². The molecule has 120 valence electrons. The maximum atomic E-state index is 12.6. The van der Waals surface area contributed by atoms with Crippen molar-refractivity contribution in [3.05, 3.63) is 65.7 Å². The molecular formula is C19H22N2O2. The lowest BCUT2D eigenvalue weighted by Gasteiger charge is -2.24. The SMILES string of the molecule is CCNC(=O)c1cccc(NC(=O)C(C)(C)c2ccccc2)c1. The van der Waals surface area contributed by atoms with E-state index in [4.69, 9.17) is 0 Å². The van der Waals surface area contributed by atoms with E-state index in [-0.39, 0.29) is 11.8 Å². The van der Waals surface area contributed by atoms with Crippen LogP contribution in [0.4, 0.5) is 5.69 Å². The molecule has 0 aliphatic heterocycles. The average Bonchev–Trinajstić information content (AvgIpc) is 2.56. The van der Waals surface area contributed by atoms with Gasteiger partial charge in [0.2, 0.25) is 5.91 Å². The standard InChI is InChI=1S/C19H22N2O2/c1-4-20-17(22)14-9-8-12-16(13-14)21-18(23)19(2,3)15-10-6-5-7-11-15/h5-13H,4H2,1-3H3,(H,20,22)(H,21,23). The van der Waals surface area contributed by atoms with Crippen molar-refractivity contribution in [1.29, 1.82) is 0 Å². The van der Waals surface area contributed by atoms with E-state index in [2.05, 4.69) is 10.6 Å². The maximum Gasteiger partial charge on any atom is 0.251 e. The van der Waals surface area contributed by atoms with Gasteiger partial charge in [0, 0.05) is 17.8 Å². The number of hydrogen-bond acceptors (Lipinski definition) is 2. The number of hydrogen-bond donors (Lipinski definition) is 2. The summed E-state index contributed by atoms with van der Waals surface area (Å²) < 4.78 is 0. The molecule has 0 saturated carbocycles. The van der Waals surface area contributed by atoms with Gasteiger partial charge in [-0.3, -0.25) is 9.59 Å². The van der Waals surface area contributed by atoms with Crippen molar-refractivity contribution in [2.24, 2.45) is 0 Å². The molecule has 0 bridgehead atoms. The molecule has 0 heterocycles. The fraction of sp³-hybridized carbons (Fsp3) is 0.263. The Labute approximate surface area is 136 Å². The summed E-state index contributed by atoms with van der Waals surface area (Å²) in [4.78, 5) is 24.5. The van der Waals surface area contributed by atoms with Crippen molar-refractivity contribution in [3.8, 4) is 0 Å². The van der Waals surface area contributed by atoms with Crippen LogP contribution in [-0.2, 0) is 10.2 Å². The van der Waals surface area contributed by atoms with Crippen molar-refractivity contribution in [2.75, 3.05) is 11.9 Å². The minimum Gasteiger partial charge on any atom is -0.352 e. The Morgan fingerprint density at radius 2 is 1.70 bits per heavy atom. The molecular weight excluding hydrogens is 288 g/mol. The van der Waals surface area contributed by atoms with Crippen molar-refractivity contribution >= 4 is 17.5 Å². The molecule has 2 rings (SSSR count). The van der Waals surface area contributed by atoms with Crippen LogP contribution in [0.2, 0.25) is 0 Å². The van der Waals surface area contributed by atoms with Crippen molar-refractivity contribution in [1.82, 2.24) is 5.32 Å². The molecule has 2 N–H and O–H groups in total. The van der Waals surface area contributed by atoms with Crippen LogP contribution in [0.5, 0.6) is 0 Å². The summed E-state index contributed by atoms with van der Waals surface area (Å²) in [6.45, 7) is 6.19. The quantitative estimate of drug-likeness (QED) is 0.889. The van der Waals surface area contributed by atoms with Crippen LogP contribution in [-0.4, -0.2) is 18.4 Å². The zero-order valence-electron chi connectivity index (χ0n) is 13.7. The second kappa shape index (κ2) is 7.09. The van der Waals surface area contributed by atoms with E-state index in [1.807, 2.05) is 51.1 Å². The number of anilines is 1. The van der Waals surface area contributed by atoms with Gasteiger partial charge in [0.15, 0.2) is 0 Å². The van der Waals surface area contributed by atoms with Crippen LogP contribution in [0.3, 0.4) is 0 Å². The van der Waals surface area contributed by atoms with Gasteiger partial charge in [0.25, 0.3) is 5.91 Å². The van der Waals surface area contributed by atoms with Crippen molar-refractivity contribution < 1.29 is 9.59 Å². The summed E-state index contributed by atoms with van der Waals surface area (Å²) >= 11 is 0. The number of carbonyl (C=O) groups is 2. The second-order valence-electron chi connectivity index (χ2n) is 5.89. The highest BCUT2D eigenvalue weighted by atomic mass is 16.2. The molecule has 0 radical (unpaired) electrons. The Kier molecular flexibility index (Phi) is 5.16. The number of carbonyl (C=O) groups excluding carboxylic acids is 2. The molecule has 2 aromatic rings. The molecule has 0 aromatic heterocycles. The molecule has 4 heteroatoms. The monoisotopic (exact) mass is 310 g/mol. The summed E-state index contributed by atoms with van der Waals surface area (Å²) in [7, 11) is 0. The molecule has 2 amide bonds. The molecule has 2 aromatic carbocycles. The summed E-state index contributed by atoms with van der Waals surface area (Å²) in [5.41, 5.74) is 1.42. The number of amides is 2. The first-order chi connectivity index (χ1) is 10.9. The summed E-state index contributed by atoms with van der Waals surface area (Å²) in [6.07, 6.45) is 0. The topological polar surface area (TPSA) is 58.2 Å². The normalized spacial score (nSPS) is 10.9. The Morgan fingerprint density at radius 3 is 2.35 bits per heavy atom. The summed E-state index contributed by atoms with van der Waals surface area (Å²) in [5, 5.41) is 5.65. The first kappa shape index (κ1) is 16.7. The average molecular weight is 310 g/mol. The third-order valence-electron chi connectivity index (χ3n) is 3.78. The lowest BCUT2D eigenvalue weighted by molar-refractivity contribution is -0.120. The van der Waals surface area contributed by atoms with Gasteiger partial charge in [0.1, 0.15) is 0 Å². The first-order valence-corrected chi connectivity index (χ1v) is 7.70. The van der Waals surface area contributed by atoms with Gasteiger partial charge in [0.05, 0.1) is 5.41 Å². The number of benzene rings is 2. The van der Waals surface area contributed by atoms with E-state index < -0.39 is 5.41 Å². The number of rotatable bonds is 5. The highest BCUT2D eigenvalue weighted by molar-refractivity contribution is 6.00. The summed E-state index contributed by atoms with van der Waals surface area (Å²) in [5.74, 6) is -0.261. The molecule has 0 atom stereocenters. The lowest BCUT2D eigenvalue weighted by Crippen LogP contribution is -2.34. The first-order valence-electron chi connectivity index (χ1n) is 7.70. The molecule has 0 fully saturated rings. The van der Waals surface area contributed by atoms with Gasteiger partial charge < -0.3 is 10.6 Å². The van der Waals surface area contributed by atoms with E-state index >= 15 is 0 Å². The second-order valence-corrected chi connectivity index (χ2v) is 5.89. The smallest absolute Gasteiger partial charge is 0.251 e. The van der Waals surface area contributed by atoms with E-state index in [1.54, 1.807) is 24.3 Å². The minimum atomic E-state index is -0.664. The molecule has 23 heavy (non-hydrogen) atoms. The Hall–Kier alpha value is -2.62. The third-order valence-corrected chi connectivity index (χ3v) is 3.78. The maximum absolute atomic E-state index is 12.6. The highest BCUT2D eigenvalue weighted by Gasteiger charge is 2.29. The van der Waals surface area contributed by atoms with Gasteiger partial charge in [-0.15, -0.1) is 0 Å². The number of nitrogens with one attached hydrogen (secondary N) is 2. The van der Waals surface area contributed by atoms with E-state index in [1.165, 1.54) is 0 Å². The van der Waals surface area contributed by atoms with Crippen molar-refractivity contribution in [2.45, 2.75) is 26.2 Å². The van der Waals surface area contributed by atoms with Gasteiger partial charge in [-0.1, -0.05) is 36.4 Å². The Bertz CT molecular complexity index is 694. The fourth-order valence-corrected chi connectivity index (χ4v) is 2.27. The van der Waals surface area contributed by atoms with Gasteiger partial charge in [-0.05, 0) is 44.5 Å². The van der Waals surface area contributed by atoms with Crippen LogP contribution in [0.1, 0.15) is 36.7 Å². The van der Waals surface area contributed by atoms with Crippen LogP contribution in [0.25, 0.3) is 0 Å². The molecule has 0 unspecified atom stereocenters. The van der Waals surface area contributed by atoms with Gasteiger partial charge >= 0.3 is 0 Å². The highest BCUT2D eigenvalue weighted by Crippen LogP contribution is 2.25. The van der Waals surface area contributed by atoms with Gasteiger partial charge in [-0.25, -0.2) is 0 Å². The molecule has 0 saturated heterocycles. The predicted octanol–water partition coefficient (Wildman–Crippen LogP) is 3.35. The Morgan fingerprint density at radius 1 is 1.00 bits per heavy atom. The summed E-state index contributed by atoms with van der Waals surface area (Å²) in [6, 6.07) is 16.6. The van der Waals surface area contributed by atoms with Crippen LogP contribution in [0.15, 0.2) is 54.6 Å². The van der Waals surface area contributed by atoms with Crippen LogP contribution < -0.4 is 10.6 Å². The van der Waals surface area contributed by atoms with E-state index in [0.717, 1.165) is 5.56 Å². The Balaban J connectivity index is 2.17. The molecule has 0 spiro atoms. The van der Waals surface area contributed by atoms with Crippen LogP contribution in [0, 0.1) is 0 Å². The van der Waals surface area contributed by atoms with E-state index in [9.17, 15) is 9.59 Å². The molecule has 0 aliphatic carbocycles. The fourth-order valence-electron chi connectivity index (χ4n) is 2.27. The van der Waals surface area contributed by atoms with Gasteiger partial charge in [-0.2, -0.15) is 0 Å². The zero-order chi connectivity index (χ0) is 16.9. The largest absolute Gasteiger partial charge is 0.352 e. The third kappa shape index (κ3) is 3.97. The van der Waals surface area contributed by atoms with E-state index in [0.29, 0.717) is 17.8 Å². The minimum absolute atomic E-state index is 0.114. The lowest BCUT2D eigenvalue weighted by atomic mass is 9.83. The predicted molar refractivity (Wildman–Crippen MR) is 92.5 cm³/mol. The molecule has 4 nitrogen and oxygen atoms in total. The zero-order valence-corrected chi connectivity index (χ0v) is 13.7.